The van der Waals surface area contributed by atoms with Crippen molar-refractivity contribution in [3.05, 3.63) is 39.9 Å². The minimum Gasteiger partial charge on any atom is -0.352 e. The van der Waals surface area contributed by atoms with Crippen LogP contribution in [0.15, 0.2) is 24.3 Å². The fourth-order valence-corrected chi connectivity index (χ4v) is 1.80. The average molecular weight is 303 g/mol. The van der Waals surface area contributed by atoms with E-state index in [4.69, 9.17) is 10.5 Å². The normalized spacial score (nSPS) is 13.6. The first-order chi connectivity index (χ1) is 8.86. The molecule has 2 amide bonds. The molecule has 104 valence electrons. The third kappa shape index (κ3) is 4.97. The zero-order chi connectivity index (χ0) is 14.5. The monoisotopic (exact) mass is 303 g/mol. The molecule has 7 nitrogen and oxygen atoms in total. The first-order valence-electron chi connectivity index (χ1n) is 5.14. The highest BCUT2D eigenvalue weighted by Crippen LogP contribution is 2.27. The maximum atomic E-state index is 10.8. The summed E-state index contributed by atoms with van der Waals surface area (Å²) >= 11 is 4.00. The van der Waals surface area contributed by atoms with E-state index in [0.717, 1.165) is 16.4 Å². The van der Waals surface area contributed by atoms with Gasteiger partial charge in [0.2, 0.25) is 0 Å². The van der Waals surface area contributed by atoms with Gasteiger partial charge in [0.1, 0.15) is 0 Å². The second kappa shape index (κ2) is 6.64. The zero-order valence-corrected chi connectivity index (χ0v) is 11.7. The second-order valence-corrected chi connectivity index (χ2v) is 5.25. The number of rotatable bonds is 6. The molecule has 1 atom stereocenters. The number of carbonyl (C=O) groups is 1. The molecule has 0 fully saturated rings. The Balaban J connectivity index is 2.64. The number of carbonyl (C=O) groups excluding carboxylic acids is 1. The van der Waals surface area contributed by atoms with Crippen LogP contribution in [-0.2, 0) is 11.3 Å². The molecule has 1 rings (SSSR count). The van der Waals surface area contributed by atoms with Gasteiger partial charge < -0.3 is 15.8 Å². The summed E-state index contributed by atoms with van der Waals surface area (Å²) in [5.74, 6) is 0. The molecular formula is C10H13N3O4S2. The highest BCUT2D eigenvalue weighted by atomic mass is 33.1. The lowest BCUT2D eigenvalue weighted by Gasteiger charge is -2.27. The summed E-state index contributed by atoms with van der Waals surface area (Å²) in [7, 11) is 0.980. The van der Waals surface area contributed by atoms with E-state index < -0.39 is 16.0 Å². The van der Waals surface area contributed by atoms with Crippen LogP contribution in [0.4, 0.5) is 10.5 Å². The molecule has 0 radical (unpaired) electrons. The van der Waals surface area contributed by atoms with Gasteiger partial charge in [-0.15, -0.1) is 11.7 Å². The Morgan fingerprint density at radius 1 is 1.58 bits per heavy atom. The highest BCUT2D eigenvalue weighted by Gasteiger charge is 2.26. The van der Waals surface area contributed by atoms with Crippen molar-refractivity contribution in [3.63, 3.8) is 0 Å². The lowest BCUT2D eigenvalue weighted by atomic mass is 10.2. The predicted octanol–water partition coefficient (Wildman–Crippen LogP) is 2.03. The quantitative estimate of drug-likeness (QED) is 0.245. The molecule has 1 aromatic carbocycles. The smallest absolute Gasteiger partial charge is 0.315 e. The van der Waals surface area contributed by atoms with Crippen LogP contribution in [0.2, 0.25) is 0 Å². The summed E-state index contributed by atoms with van der Waals surface area (Å²) in [5, 5.41) is 11.8. The molecule has 0 heterocycles. The molecule has 9 heteroatoms. The lowest BCUT2D eigenvalue weighted by molar-refractivity contribution is -0.384. The van der Waals surface area contributed by atoms with Crippen molar-refractivity contribution in [1.29, 1.82) is 0 Å². The van der Waals surface area contributed by atoms with Gasteiger partial charge in [0.25, 0.3) is 5.69 Å². The number of ether oxygens (including phenoxy) is 1. The first-order valence-corrected chi connectivity index (χ1v) is 7.00. The van der Waals surface area contributed by atoms with Gasteiger partial charge in [-0.25, -0.2) is 4.79 Å². The number of amides is 2. The molecule has 3 N–H and O–H groups in total. The number of benzene rings is 1. The minimum absolute atomic E-state index is 0.00495. The Hall–Kier alpha value is -1.45. The molecule has 0 aliphatic rings. The minimum atomic E-state index is -1.07. The largest absolute Gasteiger partial charge is 0.352 e. The SMILES string of the molecule is CC(NC(N)=O)(OCc1ccc([N+](=O)[O-])cc1)SS. The molecule has 19 heavy (non-hydrogen) atoms. The van der Waals surface area contributed by atoms with Crippen molar-refractivity contribution in [1.82, 2.24) is 5.32 Å². The van der Waals surface area contributed by atoms with E-state index in [0.29, 0.717) is 0 Å². The Morgan fingerprint density at radius 3 is 2.58 bits per heavy atom. The van der Waals surface area contributed by atoms with Crippen molar-refractivity contribution in [2.75, 3.05) is 0 Å². The molecule has 0 saturated heterocycles. The molecule has 0 aliphatic heterocycles. The molecule has 0 bridgehead atoms. The van der Waals surface area contributed by atoms with E-state index in [1.54, 1.807) is 19.1 Å². The Bertz CT molecular complexity index is 468. The van der Waals surface area contributed by atoms with Gasteiger partial charge in [-0.2, -0.15) is 0 Å². The number of primary amides is 1. The Kier molecular flexibility index (Phi) is 5.45. The van der Waals surface area contributed by atoms with Gasteiger partial charge in [0.05, 0.1) is 11.5 Å². The standard InChI is InChI=1S/C10H13N3O4S2/c1-10(19-18,12-9(11)14)17-6-7-2-4-8(5-3-7)13(15)16/h2-5,18H,6H2,1H3,(H3,11,12,14). The summed E-state index contributed by atoms with van der Waals surface area (Å²) in [6.07, 6.45) is 0. The molecule has 1 unspecified atom stereocenters. The van der Waals surface area contributed by atoms with Crippen LogP contribution < -0.4 is 11.1 Å². The van der Waals surface area contributed by atoms with E-state index in [1.165, 1.54) is 12.1 Å². The second-order valence-electron chi connectivity index (χ2n) is 3.74. The van der Waals surface area contributed by atoms with Crippen molar-refractivity contribution in [2.45, 2.75) is 18.6 Å². The number of nitro groups is 1. The van der Waals surface area contributed by atoms with E-state index in [1.807, 2.05) is 0 Å². The van der Waals surface area contributed by atoms with Crippen LogP contribution in [0, 0.1) is 10.1 Å². The van der Waals surface area contributed by atoms with Crippen LogP contribution in [0.1, 0.15) is 12.5 Å². The topological polar surface area (TPSA) is 107 Å². The van der Waals surface area contributed by atoms with Crippen molar-refractivity contribution >= 4 is 34.2 Å². The fraction of sp³-hybridized carbons (Fsp3) is 0.300. The van der Waals surface area contributed by atoms with Gasteiger partial charge in [-0.1, -0.05) is 0 Å². The van der Waals surface area contributed by atoms with Crippen LogP contribution in [0.5, 0.6) is 0 Å². The number of urea groups is 1. The number of nitrogens with one attached hydrogen (secondary N) is 1. The number of non-ortho nitro benzene ring substituents is 1. The van der Waals surface area contributed by atoms with Gasteiger partial charge >= 0.3 is 6.03 Å². The van der Waals surface area contributed by atoms with Gasteiger partial charge in [-0.05, 0) is 35.4 Å². The number of hydrogen-bond donors (Lipinski definition) is 3. The maximum Gasteiger partial charge on any atom is 0.315 e. The number of nitrogens with two attached hydrogens (primary N) is 1. The van der Waals surface area contributed by atoms with Gasteiger partial charge in [-0.3, -0.25) is 10.1 Å². The van der Waals surface area contributed by atoms with E-state index in [-0.39, 0.29) is 12.3 Å². The average Bonchev–Trinajstić information content (AvgIpc) is 2.36. The molecule has 1 aromatic rings. The lowest BCUT2D eigenvalue weighted by Crippen LogP contribution is -2.47. The van der Waals surface area contributed by atoms with E-state index >= 15 is 0 Å². The van der Waals surface area contributed by atoms with Crippen LogP contribution in [0.3, 0.4) is 0 Å². The van der Waals surface area contributed by atoms with E-state index in [2.05, 4.69) is 17.0 Å². The van der Waals surface area contributed by atoms with Crippen LogP contribution in [-0.4, -0.2) is 16.0 Å². The Morgan fingerprint density at radius 2 is 2.16 bits per heavy atom. The molecule has 0 spiro atoms. The van der Waals surface area contributed by atoms with Crippen molar-refractivity contribution in [3.8, 4) is 0 Å². The number of nitrogens with zero attached hydrogens (tertiary/aromatic N) is 1. The number of hydrogen-bond acceptors (Lipinski definition) is 6. The van der Waals surface area contributed by atoms with Gasteiger partial charge in [0.15, 0.2) is 5.06 Å². The summed E-state index contributed by atoms with van der Waals surface area (Å²) in [5.41, 5.74) is 5.76. The van der Waals surface area contributed by atoms with Gasteiger partial charge in [0, 0.05) is 12.1 Å². The summed E-state index contributed by atoms with van der Waals surface area (Å²) in [4.78, 5) is 20.8. The fourth-order valence-electron chi connectivity index (χ4n) is 1.24. The highest BCUT2D eigenvalue weighted by molar-refractivity contribution is 8.69. The Labute approximate surface area is 118 Å². The zero-order valence-electron chi connectivity index (χ0n) is 10.0. The molecule has 0 aliphatic carbocycles. The number of thiol groups is 1. The summed E-state index contributed by atoms with van der Waals surface area (Å²) < 4.78 is 5.48. The van der Waals surface area contributed by atoms with Crippen molar-refractivity contribution in [2.24, 2.45) is 5.73 Å². The third-order valence-electron chi connectivity index (χ3n) is 2.19. The molecule has 0 aromatic heterocycles. The molecular weight excluding hydrogens is 290 g/mol. The first kappa shape index (κ1) is 15.6. The van der Waals surface area contributed by atoms with Crippen LogP contribution >= 0.6 is 22.5 Å². The summed E-state index contributed by atoms with van der Waals surface area (Å²) in [6.45, 7) is 1.75. The maximum absolute atomic E-state index is 10.8. The summed E-state index contributed by atoms with van der Waals surface area (Å²) in [6, 6.07) is 5.18. The van der Waals surface area contributed by atoms with Crippen molar-refractivity contribution < 1.29 is 14.5 Å². The number of nitro benzene ring substituents is 1. The van der Waals surface area contributed by atoms with E-state index in [9.17, 15) is 14.9 Å². The third-order valence-corrected chi connectivity index (χ3v) is 3.80. The molecule has 0 saturated carbocycles. The predicted molar refractivity (Wildman–Crippen MR) is 75.6 cm³/mol. The van der Waals surface area contributed by atoms with Crippen LogP contribution in [0.25, 0.3) is 0 Å².